The number of hydrogen-bond acceptors (Lipinski definition) is 6. The van der Waals surface area contributed by atoms with Gasteiger partial charge in [0.1, 0.15) is 10.8 Å². The van der Waals surface area contributed by atoms with E-state index in [1.165, 1.54) is 36.6 Å². The molecule has 2 rings (SSSR count). The standard InChI is InChI=1S/C14H15N3O4S/c1-21-9-2-3-10(14(19)20)11(5-9)17-12(18)4-8-7-22-13(6-15)16-8/h2-3,5,7H,4,6,15H2,1H3,(H,17,18)(H,19,20). The Kier molecular flexibility index (Phi) is 5.08. The van der Waals surface area contributed by atoms with Crippen molar-refractivity contribution < 1.29 is 19.4 Å². The summed E-state index contributed by atoms with van der Waals surface area (Å²) in [4.78, 5) is 27.4. The fourth-order valence-electron chi connectivity index (χ4n) is 1.82. The van der Waals surface area contributed by atoms with Gasteiger partial charge in [-0.25, -0.2) is 9.78 Å². The minimum Gasteiger partial charge on any atom is -0.497 e. The molecular weight excluding hydrogens is 306 g/mol. The van der Waals surface area contributed by atoms with Crippen LogP contribution in [0, 0.1) is 0 Å². The van der Waals surface area contributed by atoms with Crippen molar-refractivity contribution in [1.29, 1.82) is 0 Å². The first kappa shape index (κ1) is 15.9. The van der Waals surface area contributed by atoms with E-state index in [2.05, 4.69) is 10.3 Å². The Morgan fingerprint density at radius 2 is 2.23 bits per heavy atom. The molecule has 0 spiro atoms. The lowest BCUT2D eigenvalue weighted by Crippen LogP contribution is -2.17. The largest absolute Gasteiger partial charge is 0.497 e. The zero-order chi connectivity index (χ0) is 16.1. The number of amides is 1. The number of rotatable bonds is 6. The summed E-state index contributed by atoms with van der Waals surface area (Å²) in [5.74, 6) is -1.03. The summed E-state index contributed by atoms with van der Waals surface area (Å²) in [6, 6.07) is 4.37. The molecule has 4 N–H and O–H groups in total. The molecule has 22 heavy (non-hydrogen) atoms. The van der Waals surface area contributed by atoms with E-state index in [0.29, 0.717) is 18.0 Å². The summed E-state index contributed by atoms with van der Waals surface area (Å²) in [5.41, 5.74) is 6.25. The predicted molar refractivity (Wildman–Crippen MR) is 82.3 cm³/mol. The average molecular weight is 321 g/mol. The number of anilines is 1. The lowest BCUT2D eigenvalue weighted by atomic mass is 10.1. The van der Waals surface area contributed by atoms with Crippen molar-refractivity contribution in [1.82, 2.24) is 4.98 Å². The number of carboxylic acid groups (broad SMARTS) is 1. The van der Waals surface area contributed by atoms with E-state index in [1.807, 2.05) is 0 Å². The van der Waals surface area contributed by atoms with Gasteiger partial charge in [0.25, 0.3) is 0 Å². The van der Waals surface area contributed by atoms with Crippen molar-refractivity contribution in [3.63, 3.8) is 0 Å². The van der Waals surface area contributed by atoms with Gasteiger partial charge in [0.2, 0.25) is 5.91 Å². The summed E-state index contributed by atoms with van der Waals surface area (Å²) in [6.45, 7) is 0.325. The van der Waals surface area contributed by atoms with E-state index < -0.39 is 5.97 Å². The number of aromatic nitrogens is 1. The number of nitrogens with two attached hydrogens (primary N) is 1. The Morgan fingerprint density at radius 3 is 2.82 bits per heavy atom. The second-order valence-corrected chi connectivity index (χ2v) is 5.32. The fraction of sp³-hybridized carbons (Fsp3) is 0.214. The Bertz CT molecular complexity index is 699. The second-order valence-electron chi connectivity index (χ2n) is 4.38. The minimum atomic E-state index is -1.13. The minimum absolute atomic E-state index is 0.00456. The summed E-state index contributed by atoms with van der Waals surface area (Å²) in [6.07, 6.45) is 0.0484. The molecule has 0 aliphatic heterocycles. The third-order valence-corrected chi connectivity index (χ3v) is 3.77. The number of carbonyl (C=O) groups is 2. The molecule has 0 saturated heterocycles. The topological polar surface area (TPSA) is 115 Å². The van der Waals surface area contributed by atoms with Gasteiger partial charge in [0.05, 0.1) is 30.5 Å². The number of carboxylic acids is 1. The van der Waals surface area contributed by atoms with Gasteiger partial charge in [0.15, 0.2) is 0 Å². The van der Waals surface area contributed by atoms with Crippen LogP contribution in [0.2, 0.25) is 0 Å². The van der Waals surface area contributed by atoms with Crippen LogP contribution in [0.25, 0.3) is 0 Å². The van der Waals surface area contributed by atoms with Crippen molar-refractivity contribution in [2.75, 3.05) is 12.4 Å². The first-order valence-electron chi connectivity index (χ1n) is 6.38. The van der Waals surface area contributed by atoms with Crippen molar-refractivity contribution in [3.05, 3.63) is 39.8 Å². The third-order valence-electron chi connectivity index (χ3n) is 2.85. The highest BCUT2D eigenvalue weighted by Crippen LogP contribution is 2.23. The van der Waals surface area contributed by atoms with Gasteiger partial charge < -0.3 is 20.9 Å². The lowest BCUT2D eigenvalue weighted by Gasteiger charge is -2.09. The smallest absolute Gasteiger partial charge is 0.337 e. The van der Waals surface area contributed by atoms with E-state index in [4.69, 9.17) is 15.6 Å². The molecule has 1 amide bonds. The van der Waals surface area contributed by atoms with Crippen molar-refractivity contribution in [2.45, 2.75) is 13.0 Å². The molecule has 8 heteroatoms. The molecule has 2 aromatic rings. The lowest BCUT2D eigenvalue weighted by molar-refractivity contribution is -0.115. The first-order chi connectivity index (χ1) is 10.5. The Labute approximate surface area is 130 Å². The SMILES string of the molecule is COc1ccc(C(=O)O)c(NC(=O)Cc2csc(CN)n2)c1. The highest BCUT2D eigenvalue weighted by Gasteiger charge is 2.15. The summed E-state index contributed by atoms with van der Waals surface area (Å²) in [7, 11) is 1.46. The van der Waals surface area contributed by atoms with E-state index in [0.717, 1.165) is 5.01 Å². The van der Waals surface area contributed by atoms with Gasteiger partial charge in [-0.2, -0.15) is 0 Å². The molecular formula is C14H15N3O4S. The van der Waals surface area contributed by atoms with Gasteiger partial charge in [-0.05, 0) is 12.1 Å². The number of nitrogens with one attached hydrogen (secondary N) is 1. The van der Waals surface area contributed by atoms with Gasteiger partial charge in [0, 0.05) is 18.0 Å². The Hall–Kier alpha value is -2.45. The van der Waals surface area contributed by atoms with Crippen LogP contribution in [-0.4, -0.2) is 29.1 Å². The number of hydrogen-bond donors (Lipinski definition) is 3. The number of ether oxygens (including phenoxy) is 1. The highest BCUT2D eigenvalue weighted by molar-refractivity contribution is 7.09. The van der Waals surface area contributed by atoms with Crippen molar-refractivity contribution >= 4 is 28.9 Å². The molecule has 0 bridgehead atoms. The summed E-state index contributed by atoms with van der Waals surface area (Å²) < 4.78 is 5.04. The molecule has 0 aliphatic carbocycles. The maximum atomic E-state index is 12.0. The number of methoxy groups -OCH3 is 1. The van der Waals surface area contributed by atoms with E-state index in [-0.39, 0.29) is 23.6 Å². The molecule has 0 saturated carbocycles. The second kappa shape index (κ2) is 7.01. The molecule has 7 nitrogen and oxygen atoms in total. The van der Waals surface area contributed by atoms with Crippen molar-refractivity contribution in [2.24, 2.45) is 5.73 Å². The molecule has 0 fully saturated rings. The Morgan fingerprint density at radius 1 is 1.45 bits per heavy atom. The van der Waals surface area contributed by atoms with Crippen LogP contribution in [-0.2, 0) is 17.8 Å². The molecule has 1 aromatic heterocycles. The van der Waals surface area contributed by atoms with Gasteiger partial charge in [-0.15, -0.1) is 11.3 Å². The quantitative estimate of drug-likeness (QED) is 0.742. The summed E-state index contributed by atoms with van der Waals surface area (Å²) in [5, 5.41) is 14.2. The van der Waals surface area contributed by atoms with Crippen LogP contribution in [0.15, 0.2) is 23.6 Å². The van der Waals surface area contributed by atoms with Crippen molar-refractivity contribution in [3.8, 4) is 5.75 Å². The zero-order valence-corrected chi connectivity index (χ0v) is 12.6. The molecule has 0 aliphatic rings. The maximum Gasteiger partial charge on any atom is 0.337 e. The highest BCUT2D eigenvalue weighted by atomic mass is 32.1. The monoisotopic (exact) mass is 321 g/mol. The average Bonchev–Trinajstić information content (AvgIpc) is 2.94. The number of thiazole rings is 1. The molecule has 1 aromatic carbocycles. The predicted octanol–water partition coefficient (Wildman–Crippen LogP) is 1.49. The number of carbonyl (C=O) groups excluding carboxylic acids is 1. The number of aromatic carboxylic acids is 1. The number of benzene rings is 1. The number of nitrogens with zero attached hydrogens (tertiary/aromatic N) is 1. The Balaban J connectivity index is 2.14. The van der Waals surface area contributed by atoms with Gasteiger partial charge in [-0.1, -0.05) is 0 Å². The first-order valence-corrected chi connectivity index (χ1v) is 7.26. The van der Waals surface area contributed by atoms with Crippen LogP contribution >= 0.6 is 11.3 Å². The molecule has 0 unspecified atom stereocenters. The van der Waals surface area contributed by atoms with Gasteiger partial charge >= 0.3 is 5.97 Å². The van der Waals surface area contributed by atoms with Gasteiger partial charge in [-0.3, -0.25) is 4.79 Å². The molecule has 1 heterocycles. The van der Waals surface area contributed by atoms with Crippen LogP contribution in [0.1, 0.15) is 21.1 Å². The fourth-order valence-corrected chi connectivity index (χ4v) is 2.50. The normalized spacial score (nSPS) is 10.3. The van der Waals surface area contributed by atoms with E-state index >= 15 is 0 Å². The van der Waals surface area contributed by atoms with E-state index in [1.54, 1.807) is 5.38 Å². The van der Waals surface area contributed by atoms with Crippen LogP contribution in [0.3, 0.4) is 0 Å². The molecule has 0 radical (unpaired) electrons. The summed E-state index contributed by atoms with van der Waals surface area (Å²) >= 11 is 1.38. The van der Waals surface area contributed by atoms with Crippen LogP contribution in [0.4, 0.5) is 5.69 Å². The third kappa shape index (κ3) is 3.80. The van der Waals surface area contributed by atoms with E-state index in [9.17, 15) is 9.59 Å². The van der Waals surface area contributed by atoms with Crippen LogP contribution in [0.5, 0.6) is 5.75 Å². The maximum absolute atomic E-state index is 12.0. The molecule has 0 atom stereocenters. The molecule has 116 valence electrons. The van der Waals surface area contributed by atoms with Crippen LogP contribution < -0.4 is 15.8 Å². The zero-order valence-electron chi connectivity index (χ0n) is 11.8.